The highest BCUT2D eigenvalue weighted by Crippen LogP contribution is 2.31. The van der Waals surface area contributed by atoms with Gasteiger partial charge in [-0.25, -0.2) is 0 Å². The molecule has 0 saturated carbocycles. The quantitative estimate of drug-likeness (QED) is 0.110. The van der Waals surface area contributed by atoms with Crippen molar-refractivity contribution >= 4 is 0 Å². The summed E-state index contributed by atoms with van der Waals surface area (Å²) in [6.07, 6.45) is 28.9. The van der Waals surface area contributed by atoms with E-state index in [9.17, 15) is 0 Å². The Bertz CT molecular complexity index is 699. The van der Waals surface area contributed by atoms with E-state index in [1.54, 1.807) is 0 Å². The lowest BCUT2D eigenvalue weighted by Crippen LogP contribution is -2.38. The molecule has 5 heteroatoms. The van der Waals surface area contributed by atoms with Crippen molar-refractivity contribution in [2.24, 2.45) is 0 Å². The molecule has 1 aliphatic heterocycles. The van der Waals surface area contributed by atoms with Crippen molar-refractivity contribution < 1.29 is 14.2 Å². The molecule has 2 rings (SSSR count). The van der Waals surface area contributed by atoms with Gasteiger partial charge < -0.3 is 14.2 Å². The first kappa shape index (κ1) is 37.9. The molecule has 1 heterocycles. The third-order valence-corrected chi connectivity index (χ3v) is 9.11. The lowest BCUT2D eigenvalue weighted by molar-refractivity contribution is 0.00222. The van der Waals surface area contributed by atoms with Crippen molar-refractivity contribution in [3.05, 3.63) is 24.3 Å². The Morgan fingerprint density at radius 3 is 1.19 bits per heavy atom. The first-order valence-corrected chi connectivity index (χ1v) is 18.6. The molecule has 2 atom stereocenters. The minimum Gasteiger partial charge on any atom is -0.471 e. The van der Waals surface area contributed by atoms with Gasteiger partial charge in [0.2, 0.25) is 0 Å². The summed E-state index contributed by atoms with van der Waals surface area (Å²) in [6, 6.07) is 8.24. The Labute approximate surface area is 267 Å². The number of rotatable bonds is 24. The summed E-state index contributed by atoms with van der Waals surface area (Å²) in [7, 11) is 4.40. The molecule has 0 N–H and O–H groups in total. The van der Waals surface area contributed by atoms with Crippen LogP contribution in [-0.4, -0.2) is 62.7 Å². The average Bonchev–Trinajstić information content (AvgIpc) is 3.06. The van der Waals surface area contributed by atoms with Crippen molar-refractivity contribution in [1.82, 2.24) is 9.80 Å². The van der Waals surface area contributed by atoms with E-state index in [0.29, 0.717) is 13.2 Å². The summed E-state index contributed by atoms with van der Waals surface area (Å²) < 4.78 is 19.4. The van der Waals surface area contributed by atoms with Gasteiger partial charge in [0.1, 0.15) is 0 Å². The third-order valence-electron chi connectivity index (χ3n) is 9.11. The highest BCUT2D eigenvalue weighted by Gasteiger charge is 2.23. The van der Waals surface area contributed by atoms with Crippen LogP contribution in [0.5, 0.6) is 11.5 Å². The molecule has 1 aromatic rings. The molecule has 0 fully saturated rings. The third kappa shape index (κ3) is 18.3. The van der Waals surface area contributed by atoms with Gasteiger partial charge in [-0.2, -0.15) is 0 Å². The second-order valence-electron chi connectivity index (χ2n) is 13.1. The van der Waals surface area contributed by atoms with E-state index in [0.717, 1.165) is 37.4 Å². The minimum absolute atomic E-state index is 0.00996. The van der Waals surface area contributed by atoms with Gasteiger partial charge in [0.05, 0.1) is 13.2 Å². The van der Waals surface area contributed by atoms with Gasteiger partial charge in [0.15, 0.2) is 24.0 Å². The molecule has 0 aromatic heterocycles. The lowest BCUT2D eigenvalue weighted by Gasteiger charge is -2.30. The van der Waals surface area contributed by atoms with Crippen molar-refractivity contribution in [2.75, 3.05) is 40.4 Å². The van der Waals surface area contributed by atoms with Gasteiger partial charge >= 0.3 is 0 Å². The molecule has 0 amide bonds. The summed E-state index contributed by atoms with van der Waals surface area (Å²) in [5.41, 5.74) is 0. The zero-order valence-corrected chi connectivity index (χ0v) is 29.0. The van der Waals surface area contributed by atoms with Crippen LogP contribution in [0.4, 0.5) is 0 Å². The summed E-state index contributed by atoms with van der Waals surface area (Å²) in [5, 5.41) is 0. The van der Waals surface area contributed by atoms with E-state index < -0.39 is 0 Å². The van der Waals surface area contributed by atoms with Crippen LogP contribution in [0.15, 0.2) is 24.3 Å². The van der Waals surface area contributed by atoms with E-state index in [-0.39, 0.29) is 12.5 Å². The first-order valence-electron chi connectivity index (χ1n) is 18.6. The highest BCUT2D eigenvalue weighted by atomic mass is 16.6. The van der Waals surface area contributed by atoms with E-state index >= 15 is 0 Å². The largest absolute Gasteiger partial charge is 0.471 e. The number of benzene rings is 1. The fraction of sp³-hybridized carbons (Fsp3) is 0.842. The zero-order chi connectivity index (χ0) is 30.8. The molecule has 5 nitrogen and oxygen atoms in total. The van der Waals surface area contributed by atoms with Gasteiger partial charge in [-0.1, -0.05) is 142 Å². The maximum atomic E-state index is 6.63. The van der Waals surface area contributed by atoms with Crippen LogP contribution in [-0.2, 0) is 4.74 Å². The number of hydrogen-bond acceptors (Lipinski definition) is 5. The molecule has 0 radical (unpaired) electrons. The van der Waals surface area contributed by atoms with Crippen LogP contribution < -0.4 is 9.47 Å². The monoisotopic (exact) mass is 603 g/mol. The molecular formula is C38H70N2O3. The first-order chi connectivity index (χ1) is 21.2. The molecule has 1 aromatic carbocycles. The molecule has 2 unspecified atom stereocenters. The maximum absolute atomic E-state index is 6.63. The Morgan fingerprint density at radius 1 is 0.512 bits per heavy atom. The Morgan fingerprint density at radius 2 is 0.837 bits per heavy atom. The number of para-hydroxylation sites is 2. The van der Waals surface area contributed by atoms with Crippen molar-refractivity contribution in [3.63, 3.8) is 0 Å². The summed E-state index contributed by atoms with van der Waals surface area (Å²) >= 11 is 0. The number of hydrogen-bond donors (Lipinski definition) is 0. The van der Waals surface area contributed by atoms with Crippen LogP contribution in [0.25, 0.3) is 0 Å². The number of unbranched alkanes of at least 4 members (excludes halogenated alkanes) is 18. The minimum atomic E-state index is -0.00996. The van der Waals surface area contributed by atoms with E-state index in [2.05, 4.69) is 62.0 Å². The summed E-state index contributed by atoms with van der Waals surface area (Å²) in [4.78, 5) is 4.75. The number of nitrogens with zero attached hydrogens (tertiary/aromatic N) is 2. The van der Waals surface area contributed by atoms with Gasteiger partial charge in [-0.15, -0.1) is 0 Å². The van der Waals surface area contributed by atoms with Crippen LogP contribution in [0.1, 0.15) is 155 Å². The van der Waals surface area contributed by atoms with Crippen LogP contribution in [0, 0.1) is 0 Å². The van der Waals surface area contributed by atoms with E-state index in [1.807, 2.05) is 0 Å². The smallest absolute Gasteiger partial charge is 0.163 e. The molecule has 1 aliphatic rings. The van der Waals surface area contributed by atoms with Gasteiger partial charge in [0.25, 0.3) is 0 Å². The Kier molecular flexibility index (Phi) is 22.9. The van der Waals surface area contributed by atoms with Crippen LogP contribution in [0.3, 0.4) is 0 Å². The lowest BCUT2D eigenvalue weighted by atomic mass is 10.1. The van der Waals surface area contributed by atoms with Gasteiger partial charge in [-0.05, 0) is 39.1 Å². The number of ether oxygens (including phenoxy) is 3. The van der Waals surface area contributed by atoms with Crippen molar-refractivity contribution in [3.8, 4) is 11.5 Å². The predicted molar refractivity (Wildman–Crippen MR) is 184 cm³/mol. The second kappa shape index (κ2) is 26.0. The van der Waals surface area contributed by atoms with Gasteiger partial charge in [0, 0.05) is 25.9 Å². The van der Waals surface area contributed by atoms with Crippen molar-refractivity contribution in [2.45, 2.75) is 168 Å². The molecule has 0 spiro atoms. The van der Waals surface area contributed by atoms with Gasteiger partial charge in [-0.3, -0.25) is 9.80 Å². The summed E-state index contributed by atoms with van der Waals surface area (Å²) in [6.45, 7) is 8.10. The highest BCUT2D eigenvalue weighted by molar-refractivity contribution is 5.39. The molecule has 250 valence electrons. The normalized spacial score (nSPS) is 17.8. The van der Waals surface area contributed by atoms with Crippen LogP contribution in [0.2, 0.25) is 0 Å². The maximum Gasteiger partial charge on any atom is 0.163 e. The molecule has 0 saturated heterocycles. The van der Waals surface area contributed by atoms with Crippen molar-refractivity contribution in [1.29, 1.82) is 0 Å². The topological polar surface area (TPSA) is 34.2 Å². The molecule has 43 heavy (non-hydrogen) atoms. The fourth-order valence-corrected chi connectivity index (χ4v) is 6.13. The number of fused-ring (bicyclic) bond motifs is 1. The predicted octanol–water partition coefficient (Wildman–Crippen LogP) is 10.6. The second-order valence-corrected chi connectivity index (χ2v) is 13.1. The summed E-state index contributed by atoms with van der Waals surface area (Å²) in [5.74, 6) is 1.70. The fourth-order valence-electron chi connectivity index (χ4n) is 6.13. The molecular weight excluding hydrogens is 532 g/mol. The Balaban J connectivity index is 1.75. The van der Waals surface area contributed by atoms with E-state index in [1.165, 1.54) is 128 Å². The van der Waals surface area contributed by atoms with Crippen LogP contribution >= 0.6 is 0 Å². The zero-order valence-electron chi connectivity index (χ0n) is 29.0. The standard InChI is InChI=1S/C38H70N2O3/c1-5-7-9-11-13-15-17-19-21-25-31-39(3)37-29-33-41-34-30-38(43-36-28-24-23-27-35(36)42-37)40(4)32-26-22-20-18-16-14-12-10-8-6-2/h23-24,27-28,37-38H,5-22,25-26,29-34H2,1-4H3. The SMILES string of the molecule is CCCCCCCCCCCCN(C)C1CCOCCC(N(C)CCCCCCCCCCCC)Oc2ccccc2O1. The molecule has 0 bridgehead atoms. The Hall–Kier alpha value is -1.30. The van der Waals surface area contributed by atoms with E-state index in [4.69, 9.17) is 14.2 Å². The molecule has 0 aliphatic carbocycles. The average molecular weight is 603 g/mol.